The third-order valence-corrected chi connectivity index (χ3v) is 10.2. The first-order valence-electron chi connectivity index (χ1n) is 16.9. The van der Waals surface area contributed by atoms with Crippen LogP contribution >= 0.6 is 0 Å². The molecule has 3 N–H and O–H groups in total. The number of hydrogen-bond acceptors (Lipinski definition) is 6. The van der Waals surface area contributed by atoms with Gasteiger partial charge >= 0.3 is 24.5 Å². The number of ether oxygens (including phenoxy) is 1. The number of nitrogens with zero attached hydrogens (tertiary/aromatic N) is 4. The average molecular weight is 711 g/mol. The van der Waals surface area contributed by atoms with Gasteiger partial charge in [0.15, 0.2) is 6.10 Å². The van der Waals surface area contributed by atoms with E-state index in [9.17, 15) is 40.7 Å². The normalized spacial score (nSPS) is 20.4. The number of anilines is 2. The molecule has 16 heteroatoms. The predicted octanol–water partition coefficient (Wildman–Crippen LogP) is 5.95. The number of hydrogen-bond donors (Lipinski definition) is 2. The van der Waals surface area contributed by atoms with Crippen molar-refractivity contribution in [1.82, 2.24) is 19.6 Å². The number of carbonyl (C=O) groups excluding carboxylic acids is 3. The van der Waals surface area contributed by atoms with Crippen molar-refractivity contribution in [3.05, 3.63) is 58.7 Å². The van der Waals surface area contributed by atoms with Crippen molar-refractivity contribution in [1.29, 1.82) is 0 Å². The minimum absolute atomic E-state index is 0.162. The quantitative estimate of drug-likeness (QED) is 0.283. The number of nitrogens with one attached hydrogen (secondary N) is 1. The second-order valence-electron chi connectivity index (χ2n) is 13.4. The number of nitrogen functional groups attached to an aromatic ring is 1. The lowest BCUT2D eigenvalue weighted by molar-refractivity contribution is -0.142. The maximum Gasteiger partial charge on any atom is 0.418 e. The fourth-order valence-electron chi connectivity index (χ4n) is 7.53. The number of likely N-dealkylation sites (tertiary alicyclic amines) is 3. The summed E-state index contributed by atoms with van der Waals surface area (Å²) in [7, 11) is 0. The van der Waals surface area contributed by atoms with Crippen LogP contribution in [0.15, 0.2) is 36.4 Å². The van der Waals surface area contributed by atoms with Crippen molar-refractivity contribution >= 4 is 29.4 Å². The van der Waals surface area contributed by atoms with E-state index in [2.05, 4.69) is 10.2 Å². The summed E-state index contributed by atoms with van der Waals surface area (Å²) >= 11 is 0. The molecule has 4 aliphatic rings. The van der Waals surface area contributed by atoms with E-state index in [4.69, 9.17) is 10.5 Å². The molecule has 4 aliphatic heterocycles. The minimum Gasteiger partial charge on any atom is -0.436 e. The van der Waals surface area contributed by atoms with Crippen LogP contribution in [0.3, 0.4) is 0 Å². The molecule has 0 radical (unpaired) electrons. The zero-order chi connectivity index (χ0) is 35.8. The number of rotatable bonds is 6. The summed E-state index contributed by atoms with van der Waals surface area (Å²) in [6.07, 6.45) is -9.44. The number of carbonyl (C=O) groups is 3. The fraction of sp³-hybridized carbons (Fsp3) is 0.559. The molecule has 0 bridgehead atoms. The minimum atomic E-state index is -5.20. The molecule has 2 aromatic carbocycles. The van der Waals surface area contributed by atoms with Crippen LogP contribution in [0.5, 0.6) is 0 Å². The largest absolute Gasteiger partial charge is 0.436 e. The average Bonchev–Trinajstić information content (AvgIpc) is 3.62. The Kier molecular flexibility index (Phi) is 10.1. The SMILES string of the molecule is Nc1c(C(F)(F)F)cc(C[C@@H](OC(=O)N2CCC(N3Cc4ccccc4NC3=O)CC2)C(=O)N2CCC(N3CCCC3)CC2)cc1C(F)(F)F. The molecular weight excluding hydrogens is 670 g/mol. The maximum atomic E-state index is 13.9. The van der Waals surface area contributed by atoms with Crippen molar-refractivity contribution in [3.8, 4) is 0 Å². The van der Waals surface area contributed by atoms with Crippen LogP contribution in [0.2, 0.25) is 0 Å². The Labute approximate surface area is 285 Å². The van der Waals surface area contributed by atoms with Crippen molar-refractivity contribution in [2.24, 2.45) is 0 Å². The Morgan fingerprint density at radius 2 is 1.40 bits per heavy atom. The van der Waals surface area contributed by atoms with Gasteiger partial charge in [0.05, 0.1) is 16.8 Å². The van der Waals surface area contributed by atoms with Crippen LogP contribution in [0.1, 0.15) is 60.8 Å². The van der Waals surface area contributed by atoms with Crippen LogP contribution < -0.4 is 11.1 Å². The van der Waals surface area contributed by atoms with Crippen LogP contribution in [0, 0.1) is 0 Å². The Morgan fingerprint density at radius 3 is 2.00 bits per heavy atom. The number of alkyl halides is 6. The number of para-hydroxylation sites is 1. The fourth-order valence-corrected chi connectivity index (χ4v) is 7.53. The first kappa shape index (κ1) is 35.6. The molecule has 50 heavy (non-hydrogen) atoms. The number of piperidine rings is 2. The molecule has 1 atom stereocenters. The number of halogens is 6. The highest BCUT2D eigenvalue weighted by atomic mass is 19.4. The number of amides is 4. The Hall–Kier alpha value is -4.21. The van der Waals surface area contributed by atoms with E-state index in [0.29, 0.717) is 57.5 Å². The first-order chi connectivity index (χ1) is 23.7. The zero-order valence-corrected chi connectivity index (χ0v) is 27.4. The van der Waals surface area contributed by atoms with Gasteiger partial charge in [0.25, 0.3) is 5.91 Å². The van der Waals surface area contributed by atoms with Crippen LogP contribution in [-0.4, -0.2) is 95.1 Å². The number of benzene rings is 2. The van der Waals surface area contributed by atoms with E-state index in [1.807, 2.05) is 24.3 Å². The van der Waals surface area contributed by atoms with Gasteiger partial charge in [-0.25, -0.2) is 9.59 Å². The van der Waals surface area contributed by atoms with E-state index in [1.165, 1.54) is 9.80 Å². The lowest BCUT2D eigenvalue weighted by atomic mass is 9.97. The molecule has 2 aromatic rings. The molecule has 3 fully saturated rings. The van der Waals surface area contributed by atoms with Crippen molar-refractivity contribution in [2.45, 2.75) is 82.0 Å². The molecule has 0 aliphatic carbocycles. The van der Waals surface area contributed by atoms with Gasteiger partial charge in [0.2, 0.25) is 0 Å². The van der Waals surface area contributed by atoms with Crippen LogP contribution in [0.4, 0.5) is 47.3 Å². The topological polar surface area (TPSA) is 111 Å². The smallest absolute Gasteiger partial charge is 0.418 e. The molecule has 6 rings (SSSR count). The molecule has 0 unspecified atom stereocenters. The van der Waals surface area contributed by atoms with Crippen LogP contribution in [0.25, 0.3) is 0 Å². The molecule has 272 valence electrons. The zero-order valence-electron chi connectivity index (χ0n) is 27.4. The van der Waals surface area contributed by atoms with Gasteiger partial charge in [0.1, 0.15) is 0 Å². The van der Waals surface area contributed by atoms with E-state index < -0.39 is 59.3 Å². The number of nitrogens with two attached hydrogens (primary N) is 1. The lowest BCUT2D eigenvalue weighted by Crippen LogP contribution is -2.53. The van der Waals surface area contributed by atoms with Crippen LogP contribution in [-0.2, 0) is 34.8 Å². The summed E-state index contributed by atoms with van der Waals surface area (Å²) in [5.41, 5.74) is 1.69. The summed E-state index contributed by atoms with van der Waals surface area (Å²) in [6, 6.07) is 8.19. The summed E-state index contributed by atoms with van der Waals surface area (Å²) in [6.45, 7) is 3.26. The van der Waals surface area contributed by atoms with E-state index >= 15 is 0 Å². The van der Waals surface area contributed by atoms with Gasteiger partial charge in [-0.2, -0.15) is 26.3 Å². The van der Waals surface area contributed by atoms with Gasteiger partial charge in [0, 0.05) is 56.9 Å². The molecule has 4 amide bonds. The Bertz CT molecular complexity index is 1550. The van der Waals surface area contributed by atoms with Gasteiger partial charge in [-0.05, 0) is 80.9 Å². The Balaban J connectivity index is 1.18. The molecule has 10 nitrogen and oxygen atoms in total. The molecule has 4 heterocycles. The summed E-state index contributed by atoms with van der Waals surface area (Å²) in [5.74, 6) is -0.685. The summed E-state index contributed by atoms with van der Waals surface area (Å²) in [4.78, 5) is 47.0. The monoisotopic (exact) mass is 710 g/mol. The van der Waals surface area contributed by atoms with Gasteiger partial charge in [-0.15, -0.1) is 0 Å². The van der Waals surface area contributed by atoms with E-state index in [-0.39, 0.29) is 31.2 Å². The molecular formula is C34H40F6N6O4. The summed E-state index contributed by atoms with van der Waals surface area (Å²) < 4.78 is 88.6. The highest BCUT2D eigenvalue weighted by Gasteiger charge is 2.42. The highest BCUT2D eigenvalue weighted by Crippen LogP contribution is 2.42. The van der Waals surface area contributed by atoms with E-state index in [0.717, 1.165) is 37.2 Å². The molecule has 0 aromatic heterocycles. The third-order valence-electron chi connectivity index (χ3n) is 10.2. The molecule has 0 saturated carbocycles. The van der Waals surface area contributed by atoms with Crippen molar-refractivity contribution < 1.29 is 45.5 Å². The number of urea groups is 1. The summed E-state index contributed by atoms with van der Waals surface area (Å²) in [5, 5.41) is 2.87. The molecule has 3 saturated heterocycles. The van der Waals surface area contributed by atoms with Crippen molar-refractivity contribution in [3.63, 3.8) is 0 Å². The lowest BCUT2D eigenvalue weighted by Gasteiger charge is -2.40. The second kappa shape index (κ2) is 14.2. The van der Waals surface area contributed by atoms with Gasteiger partial charge in [-0.3, -0.25) is 4.79 Å². The van der Waals surface area contributed by atoms with Gasteiger partial charge in [-0.1, -0.05) is 18.2 Å². The molecule has 0 spiro atoms. The maximum absolute atomic E-state index is 13.9. The predicted molar refractivity (Wildman–Crippen MR) is 171 cm³/mol. The standard InChI is InChI=1S/C34H40F6N6O4/c35-33(36,37)25-17-21(18-26(29(25)41)34(38,39)40)19-28(30(47)44-13-7-23(8-14-44)43-11-3-4-12-43)50-32(49)45-15-9-24(10-16-45)46-20-22-5-1-2-6-27(22)42-31(46)48/h1-2,5-6,17-18,23-24,28H,3-4,7-16,19-20,41H2,(H,42,48)/t28-/m1/s1. The first-order valence-corrected chi connectivity index (χ1v) is 16.9. The second-order valence-corrected chi connectivity index (χ2v) is 13.4. The van der Waals surface area contributed by atoms with E-state index in [1.54, 1.807) is 4.90 Å². The van der Waals surface area contributed by atoms with Gasteiger partial charge < -0.3 is 35.4 Å². The van der Waals surface area contributed by atoms with Crippen molar-refractivity contribution in [2.75, 3.05) is 50.3 Å². The third kappa shape index (κ3) is 7.74. The Morgan fingerprint density at radius 1 is 0.840 bits per heavy atom. The highest BCUT2D eigenvalue weighted by molar-refractivity contribution is 5.92. The number of fused-ring (bicyclic) bond motifs is 1.